The van der Waals surface area contributed by atoms with E-state index in [1.54, 1.807) is 0 Å². The lowest BCUT2D eigenvalue weighted by molar-refractivity contribution is 0.270. The van der Waals surface area contributed by atoms with Gasteiger partial charge in [-0.2, -0.15) is 0 Å². The van der Waals surface area contributed by atoms with Crippen molar-refractivity contribution < 1.29 is 4.74 Å². The van der Waals surface area contributed by atoms with E-state index in [1.807, 2.05) is 30.3 Å². The first-order valence-electron chi connectivity index (χ1n) is 6.64. The Morgan fingerprint density at radius 3 is 2.95 bits per heavy atom. The third kappa shape index (κ3) is 3.04. The van der Waals surface area contributed by atoms with Crippen LogP contribution in [0.3, 0.4) is 0 Å². The van der Waals surface area contributed by atoms with Crippen LogP contribution in [0.15, 0.2) is 42.5 Å². The van der Waals surface area contributed by atoms with E-state index in [0.29, 0.717) is 5.92 Å². The van der Waals surface area contributed by atoms with E-state index in [-0.39, 0.29) is 0 Å². The van der Waals surface area contributed by atoms with Gasteiger partial charge in [0, 0.05) is 26.7 Å². The summed E-state index contributed by atoms with van der Waals surface area (Å²) in [7, 11) is 0. The second kappa shape index (κ2) is 6.22. The molecule has 2 nitrogen and oxygen atoms in total. The van der Waals surface area contributed by atoms with E-state index in [0.717, 1.165) is 39.6 Å². The summed E-state index contributed by atoms with van der Waals surface area (Å²) < 4.78 is 6.85. The molecule has 0 aromatic heterocycles. The molecule has 104 valence electrons. The van der Waals surface area contributed by atoms with Gasteiger partial charge in [-0.05, 0) is 58.8 Å². The molecule has 4 heteroatoms. The van der Waals surface area contributed by atoms with Gasteiger partial charge in [0.25, 0.3) is 0 Å². The average Bonchev–Trinajstić information content (AvgIpc) is 2.46. The van der Waals surface area contributed by atoms with Crippen LogP contribution >= 0.6 is 34.2 Å². The van der Waals surface area contributed by atoms with Crippen LogP contribution in [-0.2, 0) is 0 Å². The zero-order chi connectivity index (χ0) is 13.9. The Balaban J connectivity index is 1.73. The van der Waals surface area contributed by atoms with Gasteiger partial charge in [-0.3, -0.25) is 0 Å². The molecule has 0 amide bonds. The standard InChI is InChI=1S/C16H15ClINO/c17-12-5-6-15(14(18)9-12)19-10-11-7-8-20-16-4-2-1-3-13(11)16/h1-6,9,11,19H,7-8,10H2. The van der Waals surface area contributed by atoms with Crippen molar-refractivity contribution in [2.45, 2.75) is 12.3 Å². The van der Waals surface area contributed by atoms with Gasteiger partial charge in [-0.15, -0.1) is 0 Å². The molecule has 3 rings (SSSR count). The first kappa shape index (κ1) is 14.0. The maximum Gasteiger partial charge on any atom is 0.122 e. The Hall–Kier alpha value is -0.940. The van der Waals surface area contributed by atoms with E-state index >= 15 is 0 Å². The first-order chi connectivity index (χ1) is 9.74. The van der Waals surface area contributed by atoms with Crippen LogP contribution in [0.5, 0.6) is 5.75 Å². The highest BCUT2D eigenvalue weighted by Gasteiger charge is 2.20. The van der Waals surface area contributed by atoms with E-state index in [2.05, 4.69) is 40.0 Å². The highest BCUT2D eigenvalue weighted by Crippen LogP contribution is 2.33. The van der Waals surface area contributed by atoms with Crippen molar-refractivity contribution in [3.63, 3.8) is 0 Å². The smallest absolute Gasteiger partial charge is 0.122 e. The van der Waals surface area contributed by atoms with Crippen molar-refractivity contribution in [3.05, 3.63) is 56.6 Å². The maximum absolute atomic E-state index is 5.98. The van der Waals surface area contributed by atoms with Gasteiger partial charge in [0.15, 0.2) is 0 Å². The molecular formula is C16H15ClINO. The van der Waals surface area contributed by atoms with E-state index < -0.39 is 0 Å². The van der Waals surface area contributed by atoms with Crippen molar-refractivity contribution in [2.75, 3.05) is 18.5 Å². The number of ether oxygens (including phenoxy) is 1. The molecular weight excluding hydrogens is 385 g/mol. The number of nitrogens with one attached hydrogen (secondary N) is 1. The number of anilines is 1. The number of para-hydroxylation sites is 1. The fraction of sp³-hybridized carbons (Fsp3) is 0.250. The summed E-state index contributed by atoms with van der Waals surface area (Å²) in [5.41, 5.74) is 2.44. The third-order valence-corrected chi connectivity index (χ3v) is 4.68. The molecule has 0 radical (unpaired) electrons. The predicted molar refractivity (Wildman–Crippen MR) is 92.0 cm³/mol. The molecule has 0 saturated heterocycles. The van der Waals surface area contributed by atoms with Gasteiger partial charge in [-0.1, -0.05) is 29.8 Å². The van der Waals surface area contributed by atoms with Gasteiger partial charge in [-0.25, -0.2) is 0 Å². The van der Waals surface area contributed by atoms with Crippen molar-refractivity contribution in [3.8, 4) is 5.75 Å². The Morgan fingerprint density at radius 1 is 1.25 bits per heavy atom. The predicted octanol–water partition coefficient (Wildman–Crippen LogP) is 4.92. The molecule has 0 spiro atoms. The second-order valence-electron chi connectivity index (χ2n) is 4.88. The Morgan fingerprint density at radius 2 is 2.10 bits per heavy atom. The van der Waals surface area contributed by atoms with Crippen molar-refractivity contribution in [2.24, 2.45) is 0 Å². The molecule has 1 unspecified atom stereocenters. The molecule has 1 N–H and O–H groups in total. The topological polar surface area (TPSA) is 21.3 Å². The molecule has 0 bridgehead atoms. The van der Waals surface area contributed by atoms with E-state index in [1.165, 1.54) is 5.56 Å². The van der Waals surface area contributed by atoms with Gasteiger partial charge in [0.2, 0.25) is 0 Å². The minimum absolute atomic E-state index is 0.492. The van der Waals surface area contributed by atoms with Crippen molar-refractivity contribution in [1.82, 2.24) is 0 Å². The van der Waals surface area contributed by atoms with Crippen molar-refractivity contribution >= 4 is 39.9 Å². The quantitative estimate of drug-likeness (QED) is 0.740. The van der Waals surface area contributed by atoms with Crippen LogP contribution in [0, 0.1) is 3.57 Å². The summed E-state index contributed by atoms with van der Waals surface area (Å²) in [6.45, 7) is 1.71. The summed E-state index contributed by atoms with van der Waals surface area (Å²) in [6, 6.07) is 14.2. The molecule has 1 atom stereocenters. The van der Waals surface area contributed by atoms with Crippen LogP contribution in [0.2, 0.25) is 5.02 Å². The average molecular weight is 400 g/mol. The second-order valence-corrected chi connectivity index (χ2v) is 6.48. The Kier molecular flexibility index (Phi) is 4.36. The number of benzene rings is 2. The molecule has 0 fully saturated rings. The normalized spacial score (nSPS) is 17.2. The lowest BCUT2D eigenvalue weighted by atomic mass is 9.93. The third-order valence-electron chi connectivity index (χ3n) is 3.55. The molecule has 1 aliphatic rings. The van der Waals surface area contributed by atoms with Gasteiger partial charge >= 0.3 is 0 Å². The van der Waals surface area contributed by atoms with Gasteiger partial charge < -0.3 is 10.1 Å². The number of hydrogen-bond acceptors (Lipinski definition) is 2. The molecule has 2 aromatic carbocycles. The zero-order valence-electron chi connectivity index (χ0n) is 10.9. The van der Waals surface area contributed by atoms with E-state index in [9.17, 15) is 0 Å². The van der Waals surface area contributed by atoms with Crippen LogP contribution in [0.4, 0.5) is 5.69 Å². The summed E-state index contributed by atoms with van der Waals surface area (Å²) in [5.74, 6) is 1.52. The molecule has 1 heterocycles. The van der Waals surface area contributed by atoms with Crippen LogP contribution in [0.25, 0.3) is 0 Å². The fourth-order valence-electron chi connectivity index (χ4n) is 2.49. The van der Waals surface area contributed by atoms with Crippen LogP contribution < -0.4 is 10.1 Å². The molecule has 1 aliphatic heterocycles. The summed E-state index contributed by atoms with van der Waals surface area (Å²) >= 11 is 8.29. The fourth-order valence-corrected chi connectivity index (χ4v) is 3.56. The highest BCUT2D eigenvalue weighted by molar-refractivity contribution is 14.1. The molecule has 0 aliphatic carbocycles. The highest BCUT2D eigenvalue weighted by atomic mass is 127. The number of halogens is 2. The number of hydrogen-bond donors (Lipinski definition) is 1. The molecule has 20 heavy (non-hydrogen) atoms. The Bertz CT molecular complexity index is 617. The summed E-state index contributed by atoms with van der Waals surface area (Å²) in [5, 5.41) is 4.30. The Labute approximate surface area is 137 Å². The number of fused-ring (bicyclic) bond motifs is 1. The monoisotopic (exact) mass is 399 g/mol. The first-order valence-corrected chi connectivity index (χ1v) is 8.10. The van der Waals surface area contributed by atoms with Gasteiger partial charge in [0.1, 0.15) is 5.75 Å². The maximum atomic E-state index is 5.98. The lowest BCUT2D eigenvalue weighted by Crippen LogP contribution is -2.20. The summed E-state index contributed by atoms with van der Waals surface area (Å²) in [4.78, 5) is 0. The van der Waals surface area contributed by atoms with Crippen molar-refractivity contribution in [1.29, 1.82) is 0 Å². The molecule has 2 aromatic rings. The van der Waals surface area contributed by atoms with Crippen LogP contribution in [0.1, 0.15) is 17.9 Å². The molecule has 0 saturated carbocycles. The lowest BCUT2D eigenvalue weighted by Gasteiger charge is -2.26. The van der Waals surface area contributed by atoms with Crippen LogP contribution in [-0.4, -0.2) is 13.2 Å². The number of rotatable bonds is 3. The van der Waals surface area contributed by atoms with Gasteiger partial charge in [0.05, 0.1) is 6.61 Å². The largest absolute Gasteiger partial charge is 0.493 e. The minimum Gasteiger partial charge on any atom is -0.493 e. The SMILES string of the molecule is Clc1ccc(NCC2CCOc3ccccc32)c(I)c1. The summed E-state index contributed by atoms with van der Waals surface area (Å²) in [6.07, 6.45) is 1.05. The zero-order valence-corrected chi connectivity index (χ0v) is 13.8. The minimum atomic E-state index is 0.492. The van der Waals surface area contributed by atoms with E-state index in [4.69, 9.17) is 16.3 Å².